The van der Waals surface area contributed by atoms with Gasteiger partial charge in [0.1, 0.15) is 0 Å². The zero-order valence-corrected chi connectivity index (χ0v) is 13.0. The molecule has 0 aliphatic rings. The lowest BCUT2D eigenvalue weighted by Crippen LogP contribution is -2.33. The van der Waals surface area contributed by atoms with E-state index in [0.717, 1.165) is 24.5 Å². The van der Waals surface area contributed by atoms with Gasteiger partial charge in [0.2, 0.25) is 0 Å². The van der Waals surface area contributed by atoms with E-state index in [1.165, 1.54) is 12.0 Å². The summed E-state index contributed by atoms with van der Waals surface area (Å²) in [4.78, 5) is 15.8. The number of ether oxygens (including phenoxy) is 1. The highest BCUT2D eigenvalue weighted by Gasteiger charge is 2.06. The van der Waals surface area contributed by atoms with Crippen LogP contribution >= 0.6 is 11.3 Å². The van der Waals surface area contributed by atoms with Crippen molar-refractivity contribution in [3.63, 3.8) is 0 Å². The number of carbonyl (C=O) groups excluding carboxylic acids is 1. The fourth-order valence-electron chi connectivity index (χ4n) is 1.55. The molecule has 0 amide bonds. The van der Waals surface area contributed by atoms with Crippen molar-refractivity contribution in [2.24, 2.45) is 0 Å². The van der Waals surface area contributed by atoms with Crippen LogP contribution in [0.25, 0.3) is 0 Å². The Morgan fingerprint density at radius 1 is 1.42 bits per heavy atom. The second-order valence-corrected chi connectivity index (χ2v) is 6.12. The number of rotatable bonds is 8. The molecule has 1 heterocycles. The molecule has 1 aromatic heterocycles. The maximum atomic E-state index is 11.2. The Balaban J connectivity index is 2.25. The van der Waals surface area contributed by atoms with Crippen LogP contribution in [0.4, 0.5) is 0 Å². The first-order chi connectivity index (χ1) is 9.02. The lowest BCUT2D eigenvalue weighted by Gasteiger charge is -2.20. The molecule has 0 fully saturated rings. The first kappa shape index (κ1) is 16.1. The smallest absolute Gasteiger partial charge is 0.310 e. The van der Waals surface area contributed by atoms with E-state index >= 15 is 0 Å². The summed E-state index contributed by atoms with van der Waals surface area (Å²) in [6.45, 7) is 7.26. The number of carbonyl (C=O) groups is 1. The minimum atomic E-state index is -0.181. The molecule has 0 aromatic carbocycles. The van der Waals surface area contributed by atoms with Crippen molar-refractivity contribution in [2.45, 2.75) is 32.9 Å². The average molecular weight is 284 g/mol. The third kappa shape index (κ3) is 6.18. The molecule has 1 aromatic rings. The topological polar surface area (TPSA) is 41.6 Å². The van der Waals surface area contributed by atoms with Gasteiger partial charge >= 0.3 is 5.97 Å². The molecule has 0 spiro atoms. The van der Waals surface area contributed by atoms with Crippen LogP contribution in [-0.2, 0) is 22.5 Å². The zero-order chi connectivity index (χ0) is 14.3. The molecule has 1 rings (SSSR count). The maximum absolute atomic E-state index is 11.2. The summed E-state index contributed by atoms with van der Waals surface area (Å²) in [5, 5.41) is 3.42. The van der Waals surface area contributed by atoms with E-state index in [0.29, 0.717) is 12.5 Å². The van der Waals surface area contributed by atoms with Gasteiger partial charge in [-0.3, -0.25) is 4.79 Å². The van der Waals surface area contributed by atoms with Gasteiger partial charge in [0.25, 0.3) is 0 Å². The number of nitrogens with zero attached hydrogens (tertiary/aromatic N) is 1. The average Bonchev–Trinajstić information content (AvgIpc) is 2.81. The summed E-state index contributed by atoms with van der Waals surface area (Å²) in [6, 6.07) is 4.65. The minimum absolute atomic E-state index is 0.181. The van der Waals surface area contributed by atoms with Crippen LogP contribution in [0.5, 0.6) is 0 Å². The minimum Gasteiger partial charge on any atom is -0.469 e. The molecule has 0 aliphatic heterocycles. The van der Waals surface area contributed by atoms with E-state index < -0.39 is 0 Å². The van der Waals surface area contributed by atoms with E-state index in [4.69, 9.17) is 0 Å². The lowest BCUT2D eigenvalue weighted by atomic mass is 10.3. The van der Waals surface area contributed by atoms with Gasteiger partial charge in [-0.25, -0.2) is 0 Å². The second-order valence-electron chi connectivity index (χ2n) is 4.87. The van der Waals surface area contributed by atoms with Crippen LogP contribution in [0.3, 0.4) is 0 Å². The highest BCUT2D eigenvalue weighted by molar-refractivity contribution is 7.12. The van der Waals surface area contributed by atoms with Gasteiger partial charge in [0.15, 0.2) is 0 Å². The van der Waals surface area contributed by atoms with E-state index in [9.17, 15) is 4.79 Å². The van der Waals surface area contributed by atoms with E-state index in [2.05, 4.69) is 41.9 Å². The highest BCUT2D eigenvalue weighted by Crippen LogP contribution is 2.17. The summed E-state index contributed by atoms with van der Waals surface area (Å²) in [5.74, 6) is -0.181. The Kier molecular flexibility index (Phi) is 7.05. The fourth-order valence-corrected chi connectivity index (χ4v) is 2.53. The van der Waals surface area contributed by atoms with Gasteiger partial charge < -0.3 is 15.0 Å². The first-order valence-electron chi connectivity index (χ1n) is 6.58. The third-order valence-corrected chi connectivity index (χ3v) is 4.17. The summed E-state index contributed by atoms with van der Waals surface area (Å²) >= 11 is 1.66. The standard InChI is InChI=1S/C14H24N2O2S/c1-11(2)16(3)8-7-15-10-13-6-5-12(19-13)9-14(17)18-4/h5-6,11,15H,7-10H2,1-4H3. The predicted octanol–water partition coefficient (Wildman–Crippen LogP) is 1.89. The van der Waals surface area contributed by atoms with Crippen LogP contribution in [0, 0.1) is 0 Å². The van der Waals surface area contributed by atoms with Crippen molar-refractivity contribution < 1.29 is 9.53 Å². The van der Waals surface area contributed by atoms with Crippen LogP contribution in [-0.4, -0.2) is 44.2 Å². The van der Waals surface area contributed by atoms with Crippen LogP contribution < -0.4 is 5.32 Å². The first-order valence-corrected chi connectivity index (χ1v) is 7.40. The lowest BCUT2D eigenvalue weighted by molar-refractivity contribution is -0.139. The number of likely N-dealkylation sites (N-methyl/N-ethyl adjacent to an activating group) is 1. The molecule has 0 saturated carbocycles. The zero-order valence-electron chi connectivity index (χ0n) is 12.2. The Morgan fingerprint density at radius 2 is 2.11 bits per heavy atom. The molecule has 108 valence electrons. The molecule has 0 atom stereocenters. The summed E-state index contributed by atoms with van der Waals surface area (Å²) < 4.78 is 4.66. The summed E-state index contributed by atoms with van der Waals surface area (Å²) in [6.07, 6.45) is 0.372. The van der Waals surface area contributed by atoms with Crippen molar-refractivity contribution in [2.75, 3.05) is 27.2 Å². The molecule has 4 nitrogen and oxygen atoms in total. The third-order valence-electron chi connectivity index (χ3n) is 3.09. The number of nitrogens with one attached hydrogen (secondary N) is 1. The van der Waals surface area contributed by atoms with Crippen molar-refractivity contribution in [1.29, 1.82) is 0 Å². The van der Waals surface area contributed by atoms with Gasteiger partial charge in [-0.15, -0.1) is 11.3 Å². The number of hydrogen-bond donors (Lipinski definition) is 1. The Bertz CT molecular complexity index is 391. The predicted molar refractivity (Wildman–Crippen MR) is 79.5 cm³/mol. The highest BCUT2D eigenvalue weighted by atomic mass is 32.1. The molecule has 5 heteroatoms. The van der Waals surface area contributed by atoms with Crippen LogP contribution in [0.1, 0.15) is 23.6 Å². The SMILES string of the molecule is COC(=O)Cc1ccc(CNCCN(C)C(C)C)s1. The molecule has 0 aliphatic carbocycles. The van der Waals surface area contributed by atoms with Crippen molar-refractivity contribution in [1.82, 2.24) is 10.2 Å². The Labute approximate surface area is 119 Å². The van der Waals surface area contributed by atoms with Crippen LogP contribution in [0.2, 0.25) is 0 Å². The largest absolute Gasteiger partial charge is 0.469 e. The number of hydrogen-bond acceptors (Lipinski definition) is 5. The maximum Gasteiger partial charge on any atom is 0.310 e. The van der Waals surface area contributed by atoms with Gasteiger partial charge in [0.05, 0.1) is 13.5 Å². The number of esters is 1. The van der Waals surface area contributed by atoms with Gasteiger partial charge in [-0.05, 0) is 33.0 Å². The second kappa shape index (κ2) is 8.30. The van der Waals surface area contributed by atoms with Gasteiger partial charge in [0, 0.05) is 35.4 Å². The molecule has 0 bridgehead atoms. The van der Waals surface area contributed by atoms with E-state index in [1.807, 2.05) is 6.07 Å². The monoisotopic (exact) mass is 284 g/mol. The van der Waals surface area contributed by atoms with Crippen molar-refractivity contribution in [3.05, 3.63) is 21.9 Å². The Hall–Kier alpha value is -0.910. The molecule has 0 unspecified atom stereocenters. The van der Waals surface area contributed by atoms with E-state index in [1.54, 1.807) is 11.3 Å². The summed E-state index contributed by atoms with van der Waals surface area (Å²) in [7, 11) is 3.55. The molecule has 1 N–H and O–H groups in total. The quantitative estimate of drug-likeness (QED) is 0.585. The van der Waals surface area contributed by atoms with Crippen LogP contribution in [0.15, 0.2) is 12.1 Å². The molecule has 0 saturated heterocycles. The molecular formula is C14H24N2O2S. The summed E-state index contributed by atoms with van der Waals surface area (Å²) in [5.41, 5.74) is 0. The van der Waals surface area contributed by atoms with E-state index in [-0.39, 0.29) is 5.97 Å². The van der Waals surface area contributed by atoms with Gasteiger partial charge in [-0.1, -0.05) is 0 Å². The Morgan fingerprint density at radius 3 is 2.74 bits per heavy atom. The fraction of sp³-hybridized carbons (Fsp3) is 0.643. The molecule has 19 heavy (non-hydrogen) atoms. The number of methoxy groups -OCH3 is 1. The number of thiophene rings is 1. The normalized spacial score (nSPS) is 11.3. The molecular weight excluding hydrogens is 260 g/mol. The van der Waals surface area contributed by atoms with Crippen molar-refractivity contribution >= 4 is 17.3 Å². The van der Waals surface area contributed by atoms with Crippen molar-refractivity contribution in [3.8, 4) is 0 Å². The molecule has 0 radical (unpaired) electrons. The van der Waals surface area contributed by atoms with Gasteiger partial charge in [-0.2, -0.15) is 0 Å².